The molecule has 14 heavy (non-hydrogen) atoms. The monoisotopic (exact) mass is 189 g/mol. The number of nitrogens with zero attached hydrogens (tertiary/aromatic N) is 2. The summed E-state index contributed by atoms with van der Waals surface area (Å²) in [7, 11) is 0. The lowest BCUT2D eigenvalue weighted by atomic mass is 10.2. The Balaban J connectivity index is 2.61. The molecule has 2 rings (SSSR count). The lowest BCUT2D eigenvalue weighted by molar-refractivity contribution is 0.851. The van der Waals surface area contributed by atoms with Gasteiger partial charge in [0.25, 0.3) is 5.56 Å². The van der Waals surface area contributed by atoms with E-state index >= 15 is 0 Å². The van der Waals surface area contributed by atoms with Gasteiger partial charge >= 0.3 is 0 Å². The molecule has 0 aliphatic carbocycles. The van der Waals surface area contributed by atoms with Crippen LogP contribution in [0.4, 0.5) is 0 Å². The summed E-state index contributed by atoms with van der Waals surface area (Å²) in [5.41, 5.74) is 2.82. The quantitative estimate of drug-likeness (QED) is 0.732. The minimum Gasteiger partial charge on any atom is -0.268 e. The van der Waals surface area contributed by atoms with Crippen molar-refractivity contribution in [2.24, 2.45) is 0 Å². The fraction of sp³-hybridized carbons (Fsp3) is 0.200. The van der Waals surface area contributed by atoms with Crippen molar-refractivity contribution in [1.82, 2.24) is 14.8 Å². The Morgan fingerprint density at radius 3 is 2.86 bits per heavy atom. The first kappa shape index (κ1) is 8.74. The van der Waals surface area contributed by atoms with Crippen LogP contribution in [0.15, 0.2) is 29.3 Å². The van der Waals surface area contributed by atoms with Crippen LogP contribution in [-0.2, 0) is 0 Å². The third-order valence-corrected chi connectivity index (χ3v) is 2.08. The Labute approximate surface area is 81.2 Å². The van der Waals surface area contributed by atoms with Crippen LogP contribution in [0.1, 0.15) is 11.3 Å². The highest BCUT2D eigenvalue weighted by Crippen LogP contribution is 2.11. The van der Waals surface area contributed by atoms with E-state index in [1.165, 1.54) is 6.07 Å². The zero-order chi connectivity index (χ0) is 10.1. The smallest absolute Gasteiger partial charge is 0.264 e. The van der Waals surface area contributed by atoms with Crippen LogP contribution in [0, 0.1) is 13.8 Å². The summed E-state index contributed by atoms with van der Waals surface area (Å²) in [5.74, 6) is 0. The van der Waals surface area contributed by atoms with Gasteiger partial charge in [-0.25, -0.2) is 0 Å². The van der Waals surface area contributed by atoms with Gasteiger partial charge in [-0.3, -0.25) is 19.6 Å². The van der Waals surface area contributed by atoms with Crippen LogP contribution in [0.3, 0.4) is 0 Å². The van der Waals surface area contributed by atoms with Crippen molar-refractivity contribution < 1.29 is 0 Å². The summed E-state index contributed by atoms with van der Waals surface area (Å²) in [6.45, 7) is 3.88. The first-order chi connectivity index (χ1) is 6.66. The minimum atomic E-state index is -0.0983. The maximum Gasteiger partial charge on any atom is 0.264 e. The molecule has 72 valence electrons. The van der Waals surface area contributed by atoms with Crippen molar-refractivity contribution in [3.63, 3.8) is 0 Å². The topological polar surface area (TPSA) is 50.7 Å². The SMILES string of the molecule is Cc1cc(-n2ccc(=O)[nH]2)c(C)cn1. The lowest BCUT2D eigenvalue weighted by Gasteiger charge is -2.06. The van der Waals surface area contributed by atoms with Gasteiger partial charge in [-0.1, -0.05) is 0 Å². The number of aromatic nitrogens is 3. The highest BCUT2D eigenvalue weighted by molar-refractivity contribution is 5.38. The van der Waals surface area contributed by atoms with E-state index in [1.807, 2.05) is 19.9 Å². The molecule has 2 aromatic rings. The molecule has 0 fully saturated rings. The standard InChI is InChI=1S/C10H11N3O/c1-7-6-11-8(2)5-9(7)13-4-3-10(14)12-13/h3-6H,1-2H3,(H,12,14). The predicted molar refractivity (Wildman–Crippen MR) is 53.7 cm³/mol. The molecule has 0 radical (unpaired) electrons. The number of aromatic amines is 1. The number of hydrogen-bond donors (Lipinski definition) is 1. The summed E-state index contributed by atoms with van der Waals surface area (Å²) in [6, 6.07) is 3.43. The third-order valence-electron chi connectivity index (χ3n) is 2.08. The van der Waals surface area contributed by atoms with Crippen LogP contribution in [-0.4, -0.2) is 14.8 Å². The number of hydrogen-bond acceptors (Lipinski definition) is 2. The highest BCUT2D eigenvalue weighted by atomic mass is 16.1. The zero-order valence-electron chi connectivity index (χ0n) is 8.11. The van der Waals surface area contributed by atoms with Crippen molar-refractivity contribution in [2.75, 3.05) is 0 Å². The van der Waals surface area contributed by atoms with E-state index in [4.69, 9.17) is 0 Å². The van der Waals surface area contributed by atoms with Gasteiger partial charge in [-0.15, -0.1) is 0 Å². The minimum absolute atomic E-state index is 0.0983. The molecule has 4 nitrogen and oxygen atoms in total. The second-order valence-electron chi connectivity index (χ2n) is 3.27. The molecule has 0 aliphatic heterocycles. The van der Waals surface area contributed by atoms with E-state index in [9.17, 15) is 4.79 Å². The maximum atomic E-state index is 11.0. The second kappa shape index (κ2) is 3.14. The number of aryl methyl sites for hydroxylation is 2. The molecule has 0 unspecified atom stereocenters. The van der Waals surface area contributed by atoms with Crippen LogP contribution < -0.4 is 5.56 Å². The molecule has 2 heterocycles. The van der Waals surface area contributed by atoms with Crippen LogP contribution >= 0.6 is 0 Å². The second-order valence-corrected chi connectivity index (χ2v) is 3.27. The summed E-state index contributed by atoms with van der Waals surface area (Å²) in [5, 5.41) is 2.69. The molecular weight excluding hydrogens is 178 g/mol. The molecule has 0 amide bonds. The summed E-state index contributed by atoms with van der Waals surface area (Å²) < 4.78 is 1.70. The van der Waals surface area contributed by atoms with E-state index in [0.29, 0.717) is 0 Å². The fourth-order valence-electron chi connectivity index (χ4n) is 1.35. The van der Waals surface area contributed by atoms with E-state index in [-0.39, 0.29) is 5.56 Å². The first-order valence-electron chi connectivity index (χ1n) is 4.38. The van der Waals surface area contributed by atoms with Crippen LogP contribution in [0.2, 0.25) is 0 Å². The Morgan fingerprint density at radius 2 is 2.21 bits per heavy atom. The Kier molecular flexibility index (Phi) is 1.96. The van der Waals surface area contributed by atoms with Gasteiger partial charge in [0.05, 0.1) is 5.69 Å². The third kappa shape index (κ3) is 1.46. The number of rotatable bonds is 1. The van der Waals surface area contributed by atoms with E-state index in [1.54, 1.807) is 17.1 Å². The Bertz CT molecular complexity index is 510. The average molecular weight is 189 g/mol. The van der Waals surface area contributed by atoms with Gasteiger partial charge in [-0.05, 0) is 25.5 Å². The van der Waals surface area contributed by atoms with Crippen LogP contribution in [0.25, 0.3) is 5.69 Å². The summed E-state index contributed by atoms with van der Waals surface area (Å²) >= 11 is 0. The average Bonchev–Trinajstić information content (AvgIpc) is 2.56. The maximum absolute atomic E-state index is 11.0. The van der Waals surface area contributed by atoms with Gasteiger partial charge in [0.15, 0.2) is 0 Å². The van der Waals surface area contributed by atoms with Crippen molar-refractivity contribution in [3.05, 3.63) is 46.1 Å². The Hall–Kier alpha value is -1.84. The first-order valence-corrected chi connectivity index (χ1v) is 4.38. The van der Waals surface area contributed by atoms with Gasteiger partial charge in [0, 0.05) is 24.2 Å². The van der Waals surface area contributed by atoms with Crippen molar-refractivity contribution in [3.8, 4) is 5.69 Å². The molecule has 0 spiro atoms. The fourth-order valence-corrected chi connectivity index (χ4v) is 1.35. The summed E-state index contributed by atoms with van der Waals surface area (Å²) in [4.78, 5) is 15.1. The summed E-state index contributed by atoms with van der Waals surface area (Å²) in [6.07, 6.45) is 3.51. The van der Waals surface area contributed by atoms with Gasteiger partial charge in [0.2, 0.25) is 0 Å². The molecule has 2 aromatic heterocycles. The molecule has 0 atom stereocenters. The highest BCUT2D eigenvalue weighted by Gasteiger charge is 2.01. The van der Waals surface area contributed by atoms with Crippen molar-refractivity contribution >= 4 is 0 Å². The molecule has 1 N–H and O–H groups in total. The molecule has 0 saturated carbocycles. The van der Waals surface area contributed by atoms with Gasteiger partial charge < -0.3 is 0 Å². The Morgan fingerprint density at radius 1 is 1.43 bits per heavy atom. The number of H-pyrrole nitrogens is 1. The molecule has 4 heteroatoms. The predicted octanol–water partition coefficient (Wildman–Crippen LogP) is 1.18. The van der Waals surface area contributed by atoms with Gasteiger partial charge in [-0.2, -0.15) is 0 Å². The van der Waals surface area contributed by atoms with E-state index in [2.05, 4.69) is 10.1 Å². The number of nitrogens with one attached hydrogen (secondary N) is 1. The molecule has 0 bridgehead atoms. The van der Waals surface area contributed by atoms with E-state index in [0.717, 1.165) is 16.9 Å². The van der Waals surface area contributed by atoms with E-state index < -0.39 is 0 Å². The molecule has 0 saturated heterocycles. The molecule has 0 aliphatic rings. The van der Waals surface area contributed by atoms with Crippen LogP contribution in [0.5, 0.6) is 0 Å². The largest absolute Gasteiger partial charge is 0.268 e. The molecule has 0 aromatic carbocycles. The lowest BCUT2D eigenvalue weighted by Crippen LogP contribution is -2.05. The van der Waals surface area contributed by atoms with Crippen molar-refractivity contribution in [1.29, 1.82) is 0 Å². The number of pyridine rings is 1. The van der Waals surface area contributed by atoms with Crippen molar-refractivity contribution in [2.45, 2.75) is 13.8 Å². The van der Waals surface area contributed by atoms with Gasteiger partial charge in [0.1, 0.15) is 0 Å². The normalized spacial score (nSPS) is 10.4. The zero-order valence-corrected chi connectivity index (χ0v) is 8.11. The molecular formula is C10H11N3O.